The number of hydrogen-bond acceptors (Lipinski definition) is 4. The first-order valence-corrected chi connectivity index (χ1v) is 5.20. The van der Waals surface area contributed by atoms with Crippen molar-refractivity contribution in [1.29, 1.82) is 0 Å². The lowest BCUT2D eigenvalue weighted by molar-refractivity contribution is 0.277. The molecule has 1 N–H and O–H groups in total. The fraction of sp³-hybridized carbons (Fsp3) is 0.500. The Hall–Kier alpha value is -1.69. The van der Waals surface area contributed by atoms with Gasteiger partial charge in [0.25, 0.3) is 0 Å². The molecular formula is C10H15N5O. The third-order valence-corrected chi connectivity index (χ3v) is 2.31. The van der Waals surface area contributed by atoms with Crippen LogP contribution in [0.1, 0.15) is 31.4 Å². The van der Waals surface area contributed by atoms with E-state index in [1.54, 1.807) is 18.9 Å². The van der Waals surface area contributed by atoms with E-state index in [9.17, 15) is 0 Å². The zero-order chi connectivity index (χ0) is 11.5. The average Bonchev–Trinajstić information content (AvgIpc) is 2.87. The third kappa shape index (κ3) is 2.11. The maximum Gasteiger partial charge on any atom is 0.147 e. The SMILES string of the molecule is CC(C)n1ncnc1Cn1cnc(CO)c1. The second kappa shape index (κ2) is 4.44. The molecule has 0 aliphatic rings. The maximum absolute atomic E-state index is 8.91. The highest BCUT2D eigenvalue weighted by Crippen LogP contribution is 2.07. The van der Waals surface area contributed by atoms with E-state index in [4.69, 9.17) is 5.11 Å². The van der Waals surface area contributed by atoms with E-state index in [0.29, 0.717) is 18.3 Å². The van der Waals surface area contributed by atoms with Gasteiger partial charge >= 0.3 is 0 Å². The molecule has 0 fully saturated rings. The fourth-order valence-corrected chi connectivity index (χ4v) is 1.56. The van der Waals surface area contributed by atoms with Crippen LogP contribution in [0.2, 0.25) is 0 Å². The van der Waals surface area contributed by atoms with Gasteiger partial charge in [0.2, 0.25) is 0 Å². The van der Waals surface area contributed by atoms with Crippen molar-refractivity contribution in [2.24, 2.45) is 0 Å². The van der Waals surface area contributed by atoms with Crippen molar-refractivity contribution in [3.05, 3.63) is 30.4 Å². The Kier molecular flexibility index (Phi) is 3.00. The molecule has 16 heavy (non-hydrogen) atoms. The van der Waals surface area contributed by atoms with Crippen molar-refractivity contribution in [2.45, 2.75) is 33.0 Å². The van der Waals surface area contributed by atoms with E-state index < -0.39 is 0 Å². The summed E-state index contributed by atoms with van der Waals surface area (Å²) in [7, 11) is 0. The molecule has 0 unspecified atom stereocenters. The first-order chi connectivity index (χ1) is 7.70. The Morgan fingerprint density at radius 2 is 2.19 bits per heavy atom. The monoisotopic (exact) mass is 221 g/mol. The van der Waals surface area contributed by atoms with Gasteiger partial charge in [0.15, 0.2) is 0 Å². The minimum absolute atomic E-state index is 0.0378. The van der Waals surface area contributed by atoms with E-state index in [1.807, 2.05) is 9.25 Å². The van der Waals surface area contributed by atoms with Crippen LogP contribution in [0.15, 0.2) is 18.9 Å². The minimum Gasteiger partial charge on any atom is -0.390 e. The van der Waals surface area contributed by atoms with Gasteiger partial charge in [-0.1, -0.05) is 0 Å². The Balaban J connectivity index is 2.17. The quantitative estimate of drug-likeness (QED) is 0.820. The average molecular weight is 221 g/mol. The highest BCUT2D eigenvalue weighted by Gasteiger charge is 2.08. The molecule has 0 saturated heterocycles. The van der Waals surface area contributed by atoms with E-state index in [-0.39, 0.29) is 6.61 Å². The van der Waals surface area contributed by atoms with Crippen LogP contribution < -0.4 is 0 Å². The summed E-state index contributed by atoms with van der Waals surface area (Å²) in [5, 5.41) is 13.1. The summed E-state index contributed by atoms with van der Waals surface area (Å²) in [4.78, 5) is 8.25. The zero-order valence-electron chi connectivity index (χ0n) is 9.41. The minimum atomic E-state index is -0.0378. The maximum atomic E-state index is 8.91. The van der Waals surface area contributed by atoms with Crippen molar-refractivity contribution in [1.82, 2.24) is 24.3 Å². The Bertz CT molecular complexity index is 459. The lowest BCUT2D eigenvalue weighted by atomic mass is 10.4. The second-order valence-corrected chi connectivity index (χ2v) is 3.91. The van der Waals surface area contributed by atoms with Crippen LogP contribution in [0.5, 0.6) is 0 Å². The van der Waals surface area contributed by atoms with Crippen LogP contribution in [-0.4, -0.2) is 29.4 Å². The van der Waals surface area contributed by atoms with Gasteiger partial charge in [-0.3, -0.25) is 0 Å². The predicted octanol–water partition coefficient (Wildman–Crippen LogP) is 0.596. The summed E-state index contributed by atoms with van der Waals surface area (Å²) >= 11 is 0. The summed E-state index contributed by atoms with van der Waals surface area (Å²) < 4.78 is 3.76. The molecule has 6 heteroatoms. The Morgan fingerprint density at radius 1 is 1.38 bits per heavy atom. The molecular weight excluding hydrogens is 206 g/mol. The van der Waals surface area contributed by atoms with Gasteiger partial charge in [0, 0.05) is 12.2 Å². The van der Waals surface area contributed by atoms with E-state index >= 15 is 0 Å². The van der Waals surface area contributed by atoms with Crippen molar-refractivity contribution >= 4 is 0 Å². The number of aliphatic hydroxyl groups excluding tert-OH is 1. The highest BCUT2D eigenvalue weighted by atomic mass is 16.3. The Labute approximate surface area is 93.6 Å². The predicted molar refractivity (Wildman–Crippen MR) is 57.7 cm³/mol. The molecule has 6 nitrogen and oxygen atoms in total. The van der Waals surface area contributed by atoms with Crippen LogP contribution in [0, 0.1) is 0 Å². The van der Waals surface area contributed by atoms with Crippen LogP contribution >= 0.6 is 0 Å². The molecule has 0 aromatic carbocycles. The van der Waals surface area contributed by atoms with Gasteiger partial charge < -0.3 is 9.67 Å². The van der Waals surface area contributed by atoms with Crippen molar-refractivity contribution in [3.8, 4) is 0 Å². The molecule has 0 atom stereocenters. The Morgan fingerprint density at radius 3 is 2.81 bits per heavy atom. The molecule has 0 aliphatic carbocycles. The van der Waals surface area contributed by atoms with Crippen molar-refractivity contribution < 1.29 is 5.11 Å². The molecule has 0 saturated carbocycles. The van der Waals surface area contributed by atoms with E-state index in [1.165, 1.54) is 0 Å². The largest absolute Gasteiger partial charge is 0.390 e. The number of nitrogens with zero attached hydrogens (tertiary/aromatic N) is 5. The van der Waals surface area contributed by atoms with Crippen molar-refractivity contribution in [3.63, 3.8) is 0 Å². The molecule has 0 spiro atoms. The molecule has 2 aromatic rings. The first kappa shape index (κ1) is 10.8. The lowest BCUT2D eigenvalue weighted by Gasteiger charge is -2.09. The fourth-order valence-electron chi connectivity index (χ4n) is 1.56. The summed E-state index contributed by atoms with van der Waals surface area (Å²) in [6, 6.07) is 0.290. The van der Waals surface area contributed by atoms with Gasteiger partial charge in [-0.25, -0.2) is 14.6 Å². The summed E-state index contributed by atoms with van der Waals surface area (Å²) in [6.07, 6.45) is 5.05. The normalized spacial score (nSPS) is 11.2. The number of aliphatic hydroxyl groups is 1. The van der Waals surface area contributed by atoms with Gasteiger partial charge in [0.05, 0.1) is 25.2 Å². The molecule has 0 radical (unpaired) electrons. The van der Waals surface area contributed by atoms with Gasteiger partial charge in [0.1, 0.15) is 12.2 Å². The highest BCUT2D eigenvalue weighted by molar-refractivity contribution is 4.97. The molecule has 0 bridgehead atoms. The zero-order valence-corrected chi connectivity index (χ0v) is 9.41. The summed E-state index contributed by atoms with van der Waals surface area (Å²) in [6.45, 7) is 4.70. The van der Waals surface area contributed by atoms with Crippen LogP contribution in [0.25, 0.3) is 0 Å². The van der Waals surface area contributed by atoms with Gasteiger partial charge in [-0.15, -0.1) is 0 Å². The topological polar surface area (TPSA) is 68.8 Å². The number of imidazole rings is 1. The molecule has 0 aliphatic heterocycles. The standard InChI is InChI=1S/C10H15N5O/c1-8(2)15-10(11-6-13-15)4-14-3-9(5-16)12-7-14/h3,6-8,16H,4-5H2,1-2H3. The first-order valence-electron chi connectivity index (χ1n) is 5.20. The van der Waals surface area contributed by atoms with Crippen LogP contribution in [-0.2, 0) is 13.2 Å². The third-order valence-electron chi connectivity index (χ3n) is 2.31. The number of hydrogen-bond donors (Lipinski definition) is 1. The van der Waals surface area contributed by atoms with E-state index in [0.717, 1.165) is 5.82 Å². The molecule has 2 aromatic heterocycles. The van der Waals surface area contributed by atoms with Crippen molar-refractivity contribution in [2.75, 3.05) is 0 Å². The molecule has 86 valence electrons. The lowest BCUT2D eigenvalue weighted by Crippen LogP contribution is -2.11. The second-order valence-electron chi connectivity index (χ2n) is 3.91. The molecule has 2 rings (SSSR count). The smallest absolute Gasteiger partial charge is 0.147 e. The molecule has 2 heterocycles. The summed E-state index contributed by atoms with van der Waals surface area (Å²) in [5.74, 6) is 0.886. The summed E-state index contributed by atoms with van der Waals surface area (Å²) in [5.41, 5.74) is 0.663. The van der Waals surface area contributed by atoms with Gasteiger partial charge in [-0.05, 0) is 13.8 Å². The van der Waals surface area contributed by atoms with Gasteiger partial charge in [-0.2, -0.15) is 5.10 Å². The van der Waals surface area contributed by atoms with Crippen LogP contribution in [0.3, 0.4) is 0 Å². The molecule has 0 amide bonds. The van der Waals surface area contributed by atoms with Crippen LogP contribution in [0.4, 0.5) is 0 Å². The number of aromatic nitrogens is 5. The van der Waals surface area contributed by atoms with E-state index in [2.05, 4.69) is 28.9 Å². The number of rotatable bonds is 4.